The number of tetrazole rings is 1. The summed E-state index contributed by atoms with van der Waals surface area (Å²) in [4.78, 5) is 18.1. The summed E-state index contributed by atoms with van der Waals surface area (Å²) in [7, 11) is 0. The molecule has 214 valence electrons. The molecule has 5 rings (SSSR count). The molecule has 1 aliphatic rings. The van der Waals surface area contributed by atoms with Gasteiger partial charge in [0.1, 0.15) is 5.75 Å². The molecule has 1 N–H and O–H groups in total. The van der Waals surface area contributed by atoms with Gasteiger partial charge in [-0.3, -0.25) is 14.6 Å². The van der Waals surface area contributed by atoms with Gasteiger partial charge in [-0.05, 0) is 53.8 Å². The number of phenolic OH excluding ortho intramolecular Hbond substituents is 1. The minimum atomic E-state index is -0.169. The maximum Gasteiger partial charge on any atom is 0.305 e. The van der Waals surface area contributed by atoms with Crippen LogP contribution in [0.15, 0.2) is 78.9 Å². The minimum Gasteiger partial charge on any atom is -0.508 e. The molecular weight excluding hydrogens is 516 g/mol. The van der Waals surface area contributed by atoms with E-state index in [0.717, 1.165) is 62.3 Å². The first-order valence-corrected chi connectivity index (χ1v) is 14.4. The molecule has 0 aliphatic carbocycles. The van der Waals surface area contributed by atoms with Crippen molar-refractivity contribution in [2.45, 2.75) is 45.3 Å². The Morgan fingerprint density at radius 3 is 2.44 bits per heavy atom. The number of hydrogen-bond donors (Lipinski definition) is 1. The van der Waals surface area contributed by atoms with E-state index in [1.807, 2.05) is 31.2 Å². The Hall–Kier alpha value is -4.08. The zero-order valence-electron chi connectivity index (χ0n) is 23.6. The molecule has 4 aromatic rings. The zero-order chi connectivity index (χ0) is 28.4. The van der Waals surface area contributed by atoms with Crippen LogP contribution in [0.4, 0.5) is 0 Å². The topological polar surface area (TPSA) is 96.6 Å². The Morgan fingerprint density at radius 2 is 1.71 bits per heavy atom. The number of hydrogen-bond acceptors (Lipinski definition) is 8. The monoisotopic (exact) mass is 554 g/mol. The molecule has 1 atom stereocenters. The second-order valence-corrected chi connectivity index (χ2v) is 10.4. The van der Waals surface area contributed by atoms with Gasteiger partial charge in [0.2, 0.25) is 5.82 Å². The van der Waals surface area contributed by atoms with Crippen molar-refractivity contribution in [1.82, 2.24) is 30.0 Å². The first kappa shape index (κ1) is 28.4. The van der Waals surface area contributed by atoms with Crippen LogP contribution in [0.1, 0.15) is 48.9 Å². The standard InChI is InChI=1S/C32H38N6O3/c1-2-41-30(40)13-6-7-18-38-34-32(33-35-38)27-16-14-26(15-17-27)31(28-11-8-12-29(39)23-28)37-21-19-36(20-22-37)24-25-9-4-3-5-10-25/h3-5,8-12,14-17,23,31,39H,2,6-7,13,18-22,24H2,1H3/t31-/m1/s1. The molecule has 1 aromatic heterocycles. The zero-order valence-corrected chi connectivity index (χ0v) is 23.6. The van der Waals surface area contributed by atoms with Gasteiger partial charge in [0.25, 0.3) is 0 Å². The van der Waals surface area contributed by atoms with Crippen molar-refractivity contribution in [3.63, 3.8) is 0 Å². The largest absolute Gasteiger partial charge is 0.508 e. The quantitative estimate of drug-likeness (QED) is 0.199. The summed E-state index contributed by atoms with van der Waals surface area (Å²) < 4.78 is 4.97. The Labute approximate surface area is 241 Å². The Balaban J connectivity index is 1.24. The molecule has 9 heteroatoms. The van der Waals surface area contributed by atoms with Gasteiger partial charge in [-0.2, -0.15) is 4.80 Å². The molecule has 2 heterocycles. The van der Waals surface area contributed by atoms with Gasteiger partial charge in [-0.25, -0.2) is 0 Å². The van der Waals surface area contributed by atoms with Gasteiger partial charge in [0.15, 0.2) is 0 Å². The lowest BCUT2D eigenvalue weighted by Gasteiger charge is -2.40. The van der Waals surface area contributed by atoms with E-state index in [2.05, 4.69) is 73.7 Å². The smallest absolute Gasteiger partial charge is 0.305 e. The van der Waals surface area contributed by atoms with Crippen LogP contribution in [0.3, 0.4) is 0 Å². The number of aromatic hydroxyl groups is 1. The maximum absolute atomic E-state index is 11.5. The second kappa shape index (κ2) is 14.0. The maximum atomic E-state index is 11.5. The number of carbonyl (C=O) groups excluding carboxylic acids is 1. The molecule has 1 saturated heterocycles. The van der Waals surface area contributed by atoms with Gasteiger partial charge >= 0.3 is 5.97 Å². The number of benzene rings is 3. The van der Waals surface area contributed by atoms with Gasteiger partial charge in [0.05, 0.1) is 19.2 Å². The minimum absolute atomic E-state index is 0.0260. The molecule has 41 heavy (non-hydrogen) atoms. The number of aromatic nitrogens is 4. The third kappa shape index (κ3) is 7.77. The highest BCUT2D eigenvalue weighted by molar-refractivity contribution is 5.69. The van der Waals surface area contributed by atoms with Crippen molar-refractivity contribution in [3.8, 4) is 17.1 Å². The van der Waals surface area contributed by atoms with Crippen LogP contribution in [-0.4, -0.2) is 73.9 Å². The van der Waals surface area contributed by atoms with Crippen LogP contribution in [0.25, 0.3) is 11.4 Å². The van der Waals surface area contributed by atoms with E-state index >= 15 is 0 Å². The molecule has 9 nitrogen and oxygen atoms in total. The van der Waals surface area contributed by atoms with Crippen molar-refractivity contribution in [2.75, 3.05) is 32.8 Å². The molecule has 0 bridgehead atoms. The molecule has 1 fully saturated rings. The Bertz CT molecular complexity index is 1380. The van der Waals surface area contributed by atoms with Crippen molar-refractivity contribution in [1.29, 1.82) is 0 Å². The average Bonchev–Trinajstić information content (AvgIpc) is 3.47. The number of phenols is 1. The van der Waals surface area contributed by atoms with E-state index in [9.17, 15) is 9.90 Å². The summed E-state index contributed by atoms with van der Waals surface area (Å²) in [6.07, 6.45) is 1.90. The number of piperazine rings is 1. The number of ether oxygens (including phenoxy) is 1. The summed E-state index contributed by atoms with van der Waals surface area (Å²) in [5, 5.41) is 23.2. The highest BCUT2D eigenvalue weighted by Crippen LogP contribution is 2.32. The third-order valence-corrected chi connectivity index (χ3v) is 7.44. The van der Waals surface area contributed by atoms with Gasteiger partial charge in [-0.1, -0.05) is 66.7 Å². The molecule has 0 spiro atoms. The van der Waals surface area contributed by atoms with Crippen LogP contribution < -0.4 is 0 Å². The molecule has 0 saturated carbocycles. The first-order chi connectivity index (χ1) is 20.1. The normalized spacial score (nSPS) is 15.0. The number of rotatable bonds is 12. The summed E-state index contributed by atoms with van der Waals surface area (Å²) in [6, 6.07) is 26.5. The number of nitrogens with zero attached hydrogens (tertiary/aromatic N) is 6. The second-order valence-electron chi connectivity index (χ2n) is 10.4. The summed E-state index contributed by atoms with van der Waals surface area (Å²) in [6.45, 7) is 7.60. The lowest BCUT2D eigenvalue weighted by atomic mass is 9.95. The SMILES string of the molecule is CCOC(=O)CCCCn1nnc(-c2ccc([C@H](c3cccc(O)c3)N3CCN(Cc4ccccc4)CC3)cc2)n1. The van der Waals surface area contributed by atoms with E-state index in [4.69, 9.17) is 4.74 Å². The molecule has 3 aromatic carbocycles. The van der Waals surface area contributed by atoms with Crippen LogP contribution in [0.2, 0.25) is 0 Å². The molecule has 0 amide bonds. The Morgan fingerprint density at radius 1 is 0.927 bits per heavy atom. The van der Waals surface area contributed by atoms with Gasteiger partial charge in [0, 0.05) is 44.7 Å². The van der Waals surface area contributed by atoms with Crippen LogP contribution in [0.5, 0.6) is 5.75 Å². The Kier molecular flexibility index (Phi) is 9.72. The van der Waals surface area contributed by atoms with E-state index in [-0.39, 0.29) is 17.8 Å². The van der Waals surface area contributed by atoms with E-state index < -0.39 is 0 Å². The third-order valence-electron chi connectivity index (χ3n) is 7.44. The number of aryl methyl sites for hydroxylation is 1. The molecular formula is C32H38N6O3. The van der Waals surface area contributed by atoms with E-state index in [1.165, 1.54) is 5.56 Å². The first-order valence-electron chi connectivity index (χ1n) is 14.4. The summed E-state index contributed by atoms with van der Waals surface area (Å²) in [5.41, 5.74) is 4.46. The number of carbonyl (C=O) groups is 1. The number of esters is 1. The highest BCUT2D eigenvalue weighted by atomic mass is 16.5. The lowest BCUT2D eigenvalue weighted by molar-refractivity contribution is -0.143. The van der Waals surface area contributed by atoms with E-state index in [0.29, 0.717) is 25.4 Å². The highest BCUT2D eigenvalue weighted by Gasteiger charge is 2.27. The molecule has 1 aliphatic heterocycles. The average molecular weight is 555 g/mol. The van der Waals surface area contributed by atoms with Crippen molar-refractivity contribution < 1.29 is 14.6 Å². The van der Waals surface area contributed by atoms with E-state index in [1.54, 1.807) is 10.9 Å². The van der Waals surface area contributed by atoms with Crippen LogP contribution in [-0.2, 0) is 22.6 Å². The fourth-order valence-corrected chi connectivity index (χ4v) is 5.35. The van der Waals surface area contributed by atoms with Crippen molar-refractivity contribution in [2.24, 2.45) is 0 Å². The van der Waals surface area contributed by atoms with Crippen LogP contribution in [0, 0.1) is 0 Å². The number of unbranched alkanes of at least 4 members (excludes halogenated alkanes) is 1. The predicted octanol–water partition coefficient (Wildman–Crippen LogP) is 4.69. The molecule has 0 radical (unpaired) electrons. The predicted molar refractivity (Wildman–Crippen MR) is 157 cm³/mol. The fraction of sp³-hybridized carbons (Fsp3) is 0.375. The van der Waals surface area contributed by atoms with Gasteiger partial charge < -0.3 is 9.84 Å². The fourth-order valence-electron chi connectivity index (χ4n) is 5.35. The van der Waals surface area contributed by atoms with Crippen molar-refractivity contribution >= 4 is 5.97 Å². The van der Waals surface area contributed by atoms with Gasteiger partial charge in [-0.15, -0.1) is 10.2 Å². The van der Waals surface area contributed by atoms with Crippen LogP contribution >= 0.6 is 0 Å². The lowest BCUT2D eigenvalue weighted by Crippen LogP contribution is -2.47. The summed E-state index contributed by atoms with van der Waals surface area (Å²) in [5.74, 6) is 0.679. The molecule has 0 unspecified atom stereocenters. The van der Waals surface area contributed by atoms with Crippen molar-refractivity contribution in [3.05, 3.63) is 95.6 Å². The summed E-state index contributed by atoms with van der Waals surface area (Å²) >= 11 is 0.